The van der Waals surface area contributed by atoms with Crippen molar-refractivity contribution in [2.75, 3.05) is 6.61 Å². The monoisotopic (exact) mass is 407 g/mol. The third kappa shape index (κ3) is 3.76. The predicted octanol–water partition coefficient (Wildman–Crippen LogP) is 3.75. The molecule has 1 aliphatic rings. The SMILES string of the molecule is CC(NC(=O)COC(=O)C1(C)CC1(Cl)Cl)c1ccc(Br)cc1. The highest BCUT2D eigenvalue weighted by Gasteiger charge is 2.69. The molecule has 0 heterocycles. The number of nitrogens with one attached hydrogen (secondary N) is 1. The van der Waals surface area contributed by atoms with Crippen molar-refractivity contribution in [3.8, 4) is 0 Å². The summed E-state index contributed by atoms with van der Waals surface area (Å²) in [5.41, 5.74) is 0.0332. The van der Waals surface area contributed by atoms with E-state index >= 15 is 0 Å². The van der Waals surface area contributed by atoms with Crippen LogP contribution in [0.25, 0.3) is 0 Å². The average molecular weight is 409 g/mol. The smallest absolute Gasteiger partial charge is 0.315 e. The van der Waals surface area contributed by atoms with Gasteiger partial charge in [0.1, 0.15) is 9.75 Å². The van der Waals surface area contributed by atoms with E-state index in [-0.39, 0.29) is 18.6 Å². The zero-order valence-corrected chi connectivity index (χ0v) is 15.3. The summed E-state index contributed by atoms with van der Waals surface area (Å²) in [6, 6.07) is 7.42. The summed E-state index contributed by atoms with van der Waals surface area (Å²) in [5.74, 6) is -0.924. The van der Waals surface area contributed by atoms with Gasteiger partial charge in [0.2, 0.25) is 0 Å². The van der Waals surface area contributed by atoms with Crippen LogP contribution in [0.2, 0.25) is 0 Å². The molecule has 0 spiro atoms. The Morgan fingerprint density at radius 3 is 2.41 bits per heavy atom. The van der Waals surface area contributed by atoms with Crippen molar-refractivity contribution in [2.24, 2.45) is 5.41 Å². The lowest BCUT2D eigenvalue weighted by Crippen LogP contribution is -2.33. The Bertz CT molecular complexity index is 591. The first-order valence-corrected chi connectivity index (χ1v) is 8.30. The number of halogens is 3. The molecule has 1 aliphatic carbocycles. The highest BCUT2D eigenvalue weighted by atomic mass is 79.9. The van der Waals surface area contributed by atoms with Gasteiger partial charge in [-0.15, -0.1) is 23.2 Å². The largest absolute Gasteiger partial charge is 0.455 e. The number of carbonyl (C=O) groups is 2. The molecule has 7 heteroatoms. The fourth-order valence-corrected chi connectivity index (χ4v) is 2.98. The maximum Gasteiger partial charge on any atom is 0.315 e. The number of amides is 1. The number of esters is 1. The normalized spacial score (nSPS) is 23.5. The first kappa shape index (κ1) is 17.6. The van der Waals surface area contributed by atoms with Gasteiger partial charge >= 0.3 is 5.97 Å². The van der Waals surface area contributed by atoms with Crippen LogP contribution in [-0.4, -0.2) is 22.8 Å². The van der Waals surface area contributed by atoms with Crippen LogP contribution in [-0.2, 0) is 14.3 Å². The maximum absolute atomic E-state index is 11.9. The lowest BCUT2D eigenvalue weighted by molar-refractivity contribution is -0.153. The molecular weight excluding hydrogens is 393 g/mol. The van der Waals surface area contributed by atoms with Crippen LogP contribution < -0.4 is 5.32 Å². The Morgan fingerprint density at radius 2 is 1.91 bits per heavy atom. The molecule has 0 saturated heterocycles. The van der Waals surface area contributed by atoms with Crippen molar-refractivity contribution in [2.45, 2.75) is 30.6 Å². The molecule has 1 aromatic rings. The minimum Gasteiger partial charge on any atom is -0.455 e. The number of carbonyl (C=O) groups excluding carboxylic acids is 2. The summed E-state index contributed by atoms with van der Waals surface area (Å²) in [6.07, 6.45) is 0.332. The highest BCUT2D eigenvalue weighted by Crippen LogP contribution is 2.64. The number of hydrogen-bond donors (Lipinski definition) is 1. The van der Waals surface area contributed by atoms with E-state index in [2.05, 4.69) is 21.2 Å². The zero-order valence-electron chi connectivity index (χ0n) is 12.2. The van der Waals surface area contributed by atoms with E-state index < -0.39 is 15.7 Å². The Labute approximate surface area is 147 Å². The van der Waals surface area contributed by atoms with Crippen molar-refractivity contribution in [3.63, 3.8) is 0 Å². The first-order chi connectivity index (χ1) is 10.2. The number of rotatable bonds is 5. The number of benzene rings is 1. The number of ether oxygens (including phenoxy) is 1. The molecule has 0 bridgehead atoms. The van der Waals surface area contributed by atoms with Crippen LogP contribution in [0, 0.1) is 5.41 Å². The second-order valence-corrected chi connectivity index (χ2v) is 8.03. The molecule has 1 aromatic carbocycles. The Kier molecular flexibility index (Phi) is 5.09. The van der Waals surface area contributed by atoms with E-state index in [0.717, 1.165) is 10.0 Å². The second-order valence-electron chi connectivity index (χ2n) is 5.63. The summed E-state index contributed by atoms with van der Waals surface area (Å²) >= 11 is 15.1. The molecule has 2 unspecified atom stereocenters. The molecule has 4 nitrogen and oxygen atoms in total. The van der Waals surface area contributed by atoms with Gasteiger partial charge in [-0.25, -0.2) is 0 Å². The molecule has 22 heavy (non-hydrogen) atoms. The minimum atomic E-state index is -1.09. The van der Waals surface area contributed by atoms with Gasteiger partial charge in [0.25, 0.3) is 5.91 Å². The van der Waals surface area contributed by atoms with Crippen molar-refractivity contribution < 1.29 is 14.3 Å². The third-order valence-electron chi connectivity index (χ3n) is 3.79. The van der Waals surface area contributed by atoms with Crippen LogP contribution >= 0.6 is 39.1 Å². The number of alkyl halides is 2. The van der Waals surface area contributed by atoms with Gasteiger partial charge in [-0.2, -0.15) is 0 Å². The van der Waals surface area contributed by atoms with Gasteiger partial charge in [-0.3, -0.25) is 9.59 Å². The molecule has 1 amide bonds. The van der Waals surface area contributed by atoms with E-state index in [0.29, 0.717) is 6.42 Å². The van der Waals surface area contributed by atoms with Gasteiger partial charge < -0.3 is 10.1 Å². The van der Waals surface area contributed by atoms with E-state index in [1.54, 1.807) is 6.92 Å². The van der Waals surface area contributed by atoms with Crippen LogP contribution in [0.3, 0.4) is 0 Å². The van der Waals surface area contributed by atoms with Crippen LogP contribution in [0.4, 0.5) is 0 Å². The Morgan fingerprint density at radius 1 is 1.36 bits per heavy atom. The summed E-state index contributed by atoms with van der Waals surface area (Å²) in [6.45, 7) is 3.13. The molecule has 0 aromatic heterocycles. The standard InChI is InChI=1S/C15H16BrCl2NO3/c1-9(10-3-5-11(16)6-4-10)19-12(20)7-22-13(21)14(2)8-15(14,17)18/h3-6,9H,7-8H2,1-2H3,(H,19,20). The van der Waals surface area contributed by atoms with Gasteiger partial charge in [-0.05, 0) is 31.5 Å². The predicted molar refractivity (Wildman–Crippen MR) is 88.8 cm³/mol. The molecule has 0 radical (unpaired) electrons. The van der Waals surface area contributed by atoms with Crippen LogP contribution in [0.15, 0.2) is 28.7 Å². The molecule has 1 N–H and O–H groups in total. The van der Waals surface area contributed by atoms with Crippen molar-refractivity contribution >= 4 is 51.0 Å². The summed E-state index contributed by atoms with van der Waals surface area (Å²) in [4.78, 5) is 23.7. The van der Waals surface area contributed by atoms with Crippen molar-refractivity contribution in [3.05, 3.63) is 34.3 Å². The summed E-state index contributed by atoms with van der Waals surface area (Å²) in [5, 5.41) is 2.77. The molecule has 0 aliphatic heterocycles. The summed E-state index contributed by atoms with van der Waals surface area (Å²) < 4.78 is 4.87. The molecule has 120 valence electrons. The van der Waals surface area contributed by atoms with E-state index in [4.69, 9.17) is 27.9 Å². The lowest BCUT2D eigenvalue weighted by atomic mass is 10.1. The maximum atomic E-state index is 11.9. The van der Waals surface area contributed by atoms with Gasteiger partial charge in [0.15, 0.2) is 6.61 Å². The highest BCUT2D eigenvalue weighted by molar-refractivity contribution is 9.10. The average Bonchev–Trinajstić information content (AvgIpc) is 2.97. The van der Waals surface area contributed by atoms with Gasteiger partial charge in [0, 0.05) is 10.9 Å². The van der Waals surface area contributed by atoms with Crippen LogP contribution in [0.5, 0.6) is 0 Å². The Hall–Kier alpha value is -0.780. The second kappa shape index (κ2) is 6.38. The molecule has 2 atom stereocenters. The first-order valence-electron chi connectivity index (χ1n) is 6.75. The quantitative estimate of drug-likeness (QED) is 0.596. The van der Waals surface area contributed by atoms with E-state index in [1.165, 1.54) is 0 Å². The van der Waals surface area contributed by atoms with Crippen molar-refractivity contribution in [1.29, 1.82) is 0 Å². The topological polar surface area (TPSA) is 55.4 Å². The molecule has 1 fully saturated rings. The van der Waals surface area contributed by atoms with Gasteiger partial charge in [0.05, 0.1) is 6.04 Å². The fraction of sp³-hybridized carbons (Fsp3) is 0.467. The van der Waals surface area contributed by atoms with Crippen LogP contribution in [0.1, 0.15) is 31.9 Å². The Balaban J connectivity index is 1.81. The summed E-state index contributed by atoms with van der Waals surface area (Å²) in [7, 11) is 0. The fourth-order valence-electron chi connectivity index (χ4n) is 2.03. The third-order valence-corrected chi connectivity index (χ3v) is 5.42. The molecule has 2 rings (SSSR count). The molecule has 1 saturated carbocycles. The van der Waals surface area contributed by atoms with E-state index in [9.17, 15) is 9.59 Å². The van der Waals surface area contributed by atoms with E-state index in [1.807, 2.05) is 31.2 Å². The van der Waals surface area contributed by atoms with Gasteiger partial charge in [-0.1, -0.05) is 28.1 Å². The number of hydrogen-bond acceptors (Lipinski definition) is 3. The minimum absolute atomic E-state index is 0.184. The van der Waals surface area contributed by atoms with Crippen molar-refractivity contribution in [1.82, 2.24) is 5.32 Å². The zero-order chi connectivity index (χ0) is 16.5. The lowest BCUT2D eigenvalue weighted by Gasteiger charge is -2.16. The molecular formula is C15H16BrCl2NO3.